The number of furan rings is 1. The molecule has 0 atom stereocenters. The van der Waals surface area contributed by atoms with Gasteiger partial charge in [-0.25, -0.2) is 8.42 Å². The minimum absolute atomic E-state index is 0.193. The molecule has 158 valence electrons. The van der Waals surface area contributed by atoms with Gasteiger partial charge in [0.1, 0.15) is 5.58 Å². The molecule has 1 saturated heterocycles. The Morgan fingerprint density at radius 2 is 1.73 bits per heavy atom. The number of amides is 1. The van der Waals surface area contributed by atoms with E-state index >= 15 is 0 Å². The first-order chi connectivity index (χ1) is 14.3. The van der Waals surface area contributed by atoms with Crippen molar-refractivity contribution in [2.24, 2.45) is 0 Å². The SMILES string of the molecule is Cc1cccc(NC(=O)c2oc3ccc(S(=O)(=O)N4CCCCC4)cc3c2C)c1C. The van der Waals surface area contributed by atoms with Crippen molar-refractivity contribution in [2.45, 2.75) is 44.9 Å². The Hall–Kier alpha value is -2.64. The molecule has 1 aromatic heterocycles. The molecular weight excluding hydrogens is 400 g/mol. The number of carbonyl (C=O) groups is 1. The van der Waals surface area contributed by atoms with Gasteiger partial charge >= 0.3 is 0 Å². The highest BCUT2D eigenvalue weighted by molar-refractivity contribution is 7.89. The second-order valence-electron chi connectivity index (χ2n) is 7.88. The Kier molecular flexibility index (Phi) is 5.42. The van der Waals surface area contributed by atoms with Crippen molar-refractivity contribution in [1.82, 2.24) is 4.31 Å². The molecule has 1 aliphatic rings. The van der Waals surface area contributed by atoms with Gasteiger partial charge < -0.3 is 9.73 Å². The van der Waals surface area contributed by atoms with E-state index in [2.05, 4.69) is 5.32 Å². The highest BCUT2D eigenvalue weighted by Gasteiger charge is 2.27. The summed E-state index contributed by atoms with van der Waals surface area (Å²) >= 11 is 0. The van der Waals surface area contributed by atoms with Gasteiger partial charge in [-0.3, -0.25) is 4.79 Å². The fraction of sp³-hybridized carbons (Fsp3) is 0.348. The summed E-state index contributed by atoms with van der Waals surface area (Å²) < 4.78 is 33.4. The molecule has 1 amide bonds. The predicted molar refractivity (Wildman–Crippen MR) is 117 cm³/mol. The molecule has 4 rings (SSSR count). The number of sulfonamides is 1. The van der Waals surface area contributed by atoms with Crippen LogP contribution < -0.4 is 5.32 Å². The molecular formula is C23H26N2O4S. The molecule has 0 radical (unpaired) electrons. The van der Waals surface area contributed by atoms with Crippen LogP contribution in [-0.4, -0.2) is 31.7 Å². The van der Waals surface area contributed by atoms with Crippen LogP contribution in [0, 0.1) is 20.8 Å². The maximum Gasteiger partial charge on any atom is 0.291 e. The summed E-state index contributed by atoms with van der Waals surface area (Å²) in [4.78, 5) is 13.1. The number of hydrogen-bond acceptors (Lipinski definition) is 4. The van der Waals surface area contributed by atoms with E-state index in [0.717, 1.165) is 36.1 Å². The van der Waals surface area contributed by atoms with Crippen molar-refractivity contribution in [2.75, 3.05) is 18.4 Å². The number of benzene rings is 2. The molecule has 0 bridgehead atoms. The first kappa shape index (κ1) is 20.6. The van der Waals surface area contributed by atoms with E-state index in [-0.39, 0.29) is 16.6 Å². The highest BCUT2D eigenvalue weighted by Crippen LogP contribution is 2.30. The molecule has 2 heterocycles. The normalized spacial score (nSPS) is 15.4. The van der Waals surface area contributed by atoms with E-state index in [9.17, 15) is 13.2 Å². The average molecular weight is 427 g/mol. The Labute approximate surface area is 176 Å². The largest absolute Gasteiger partial charge is 0.451 e. The zero-order valence-corrected chi connectivity index (χ0v) is 18.3. The molecule has 0 saturated carbocycles. The summed E-state index contributed by atoms with van der Waals surface area (Å²) in [6, 6.07) is 10.5. The first-order valence-electron chi connectivity index (χ1n) is 10.2. The van der Waals surface area contributed by atoms with Crippen molar-refractivity contribution < 1.29 is 17.6 Å². The van der Waals surface area contributed by atoms with Gasteiger partial charge in [-0.15, -0.1) is 0 Å². The number of aryl methyl sites for hydroxylation is 2. The van der Waals surface area contributed by atoms with E-state index in [1.165, 1.54) is 0 Å². The molecule has 1 aliphatic heterocycles. The number of piperidine rings is 1. The van der Waals surface area contributed by atoms with Crippen molar-refractivity contribution in [1.29, 1.82) is 0 Å². The van der Waals surface area contributed by atoms with Crippen LogP contribution >= 0.6 is 0 Å². The monoisotopic (exact) mass is 426 g/mol. The van der Waals surface area contributed by atoms with Gasteiger partial charge in [0.25, 0.3) is 5.91 Å². The van der Waals surface area contributed by atoms with Crippen molar-refractivity contribution in [3.05, 3.63) is 58.8 Å². The Morgan fingerprint density at radius 3 is 2.47 bits per heavy atom. The molecule has 7 heteroatoms. The molecule has 0 aliphatic carbocycles. The number of fused-ring (bicyclic) bond motifs is 1. The lowest BCUT2D eigenvalue weighted by molar-refractivity contribution is 0.0998. The standard InChI is InChI=1S/C23H26N2O4S/c1-15-8-7-9-20(16(15)2)24-23(26)22-17(3)19-14-18(10-11-21(19)29-22)30(27,28)25-12-5-4-6-13-25/h7-11,14H,4-6,12-13H2,1-3H3,(H,24,26). The topological polar surface area (TPSA) is 79.6 Å². The van der Waals surface area contributed by atoms with Crippen LogP contribution in [0.5, 0.6) is 0 Å². The summed E-state index contributed by atoms with van der Waals surface area (Å²) in [5, 5.41) is 3.54. The van der Waals surface area contributed by atoms with Crippen LogP contribution in [0.1, 0.15) is 46.5 Å². The molecule has 6 nitrogen and oxygen atoms in total. The predicted octanol–water partition coefficient (Wildman–Crippen LogP) is 4.78. The third kappa shape index (κ3) is 3.63. The van der Waals surface area contributed by atoms with E-state index in [0.29, 0.717) is 29.6 Å². The molecule has 0 spiro atoms. The third-order valence-electron chi connectivity index (χ3n) is 5.92. The second kappa shape index (κ2) is 7.89. The summed E-state index contributed by atoms with van der Waals surface area (Å²) in [6.07, 6.45) is 2.83. The summed E-state index contributed by atoms with van der Waals surface area (Å²) in [5.41, 5.74) is 3.93. The van der Waals surface area contributed by atoms with Gasteiger partial charge in [0.15, 0.2) is 5.76 Å². The van der Waals surface area contributed by atoms with Crippen molar-refractivity contribution in [3.63, 3.8) is 0 Å². The number of carbonyl (C=O) groups excluding carboxylic acids is 1. The molecule has 30 heavy (non-hydrogen) atoms. The van der Waals surface area contributed by atoms with Crippen LogP contribution in [0.2, 0.25) is 0 Å². The van der Waals surface area contributed by atoms with Crippen LogP contribution in [-0.2, 0) is 10.0 Å². The van der Waals surface area contributed by atoms with Crippen LogP contribution in [0.15, 0.2) is 45.7 Å². The van der Waals surface area contributed by atoms with E-state index in [1.54, 1.807) is 29.4 Å². The number of nitrogens with one attached hydrogen (secondary N) is 1. The minimum Gasteiger partial charge on any atom is -0.451 e. The minimum atomic E-state index is -3.55. The van der Waals surface area contributed by atoms with Gasteiger partial charge in [0.05, 0.1) is 4.90 Å². The van der Waals surface area contributed by atoms with Gasteiger partial charge in [0.2, 0.25) is 10.0 Å². The molecule has 1 N–H and O–H groups in total. The fourth-order valence-corrected chi connectivity index (χ4v) is 5.44. The zero-order valence-electron chi connectivity index (χ0n) is 17.5. The number of rotatable bonds is 4. The van der Waals surface area contributed by atoms with E-state index in [4.69, 9.17) is 4.42 Å². The lowest BCUT2D eigenvalue weighted by atomic mass is 10.1. The van der Waals surface area contributed by atoms with Crippen molar-refractivity contribution in [3.8, 4) is 0 Å². The van der Waals surface area contributed by atoms with E-state index < -0.39 is 10.0 Å². The quantitative estimate of drug-likeness (QED) is 0.651. The average Bonchev–Trinajstić information content (AvgIpc) is 3.08. The molecule has 1 fully saturated rings. The lowest BCUT2D eigenvalue weighted by Gasteiger charge is -2.25. The fourth-order valence-electron chi connectivity index (χ4n) is 3.90. The molecule has 2 aromatic carbocycles. The lowest BCUT2D eigenvalue weighted by Crippen LogP contribution is -2.35. The van der Waals surface area contributed by atoms with Gasteiger partial charge in [-0.1, -0.05) is 18.6 Å². The van der Waals surface area contributed by atoms with Crippen molar-refractivity contribution >= 4 is 32.6 Å². The Bertz CT molecular complexity index is 1220. The molecule has 3 aromatic rings. The summed E-state index contributed by atoms with van der Waals surface area (Å²) in [5.74, 6) is -0.156. The van der Waals surface area contributed by atoms with Gasteiger partial charge in [-0.05, 0) is 69.0 Å². The van der Waals surface area contributed by atoms with E-state index in [1.807, 2.05) is 32.0 Å². The highest BCUT2D eigenvalue weighted by atomic mass is 32.2. The maximum atomic E-state index is 13.0. The zero-order chi connectivity index (χ0) is 21.5. The second-order valence-corrected chi connectivity index (χ2v) is 9.82. The maximum absolute atomic E-state index is 13.0. The Morgan fingerprint density at radius 1 is 1.00 bits per heavy atom. The molecule has 0 unspecified atom stereocenters. The van der Waals surface area contributed by atoms with Crippen LogP contribution in [0.3, 0.4) is 0 Å². The number of nitrogens with zero attached hydrogens (tertiary/aromatic N) is 1. The third-order valence-corrected chi connectivity index (χ3v) is 7.81. The van der Waals surface area contributed by atoms with Crippen LogP contribution in [0.25, 0.3) is 11.0 Å². The summed E-state index contributed by atoms with van der Waals surface area (Å²) in [7, 11) is -3.55. The smallest absolute Gasteiger partial charge is 0.291 e. The first-order valence-corrected chi connectivity index (χ1v) is 11.6. The Balaban J connectivity index is 1.67. The summed E-state index contributed by atoms with van der Waals surface area (Å²) in [6.45, 7) is 6.82. The number of anilines is 1. The van der Waals surface area contributed by atoms with Crippen LogP contribution in [0.4, 0.5) is 5.69 Å². The van der Waals surface area contributed by atoms with Gasteiger partial charge in [0, 0.05) is 29.7 Å². The number of hydrogen-bond donors (Lipinski definition) is 1. The van der Waals surface area contributed by atoms with Gasteiger partial charge in [-0.2, -0.15) is 4.31 Å².